The predicted molar refractivity (Wildman–Crippen MR) is 134 cm³/mol. The fourth-order valence-electron chi connectivity index (χ4n) is 4.42. The van der Waals surface area contributed by atoms with Gasteiger partial charge in [0, 0.05) is 16.5 Å². The molecule has 0 amide bonds. The Bertz CT molecular complexity index is 1560. The van der Waals surface area contributed by atoms with Crippen molar-refractivity contribution in [2.75, 3.05) is 5.73 Å². The number of fused-ring (bicyclic) bond motifs is 3. The van der Waals surface area contributed by atoms with Crippen LogP contribution < -0.4 is 5.73 Å². The predicted octanol–water partition coefficient (Wildman–Crippen LogP) is 8.17. The van der Waals surface area contributed by atoms with Gasteiger partial charge in [0.1, 0.15) is 11.2 Å². The van der Waals surface area contributed by atoms with Crippen LogP contribution in [0.15, 0.2) is 120 Å². The first-order chi connectivity index (χ1) is 15.8. The van der Waals surface area contributed by atoms with Crippen LogP contribution in [0.2, 0.25) is 0 Å². The summed E-state index contributed by atoms with van der Waals surface area (Å²) >= 11 is 0. The molecule has 0 saturated heterocycles. The Labute approximate surface area is 186 Å². The molecule has 0 atom stereocenters. The van der Waals surface area contributed by atoms with Gasteiger partial charge in [-0.1, -0.05) is 84.9 Å². The van der Waals surface area contributed by atoms with Crippen LogP contribution in [0, 0.1) is 0 Å². The minimum Gasteiger partial charge on any atom is -0.456 e. The van der Waals surface area contributed by atoms with Gasteiger partial charge < -0.3 is 10.2 Å². The number of anilines is 1. The summed E-state index contributed by atoms with van der Waals surface area (Å²) in [5.74, 6) is 0. The van der Waals surface area contributed by atoms with Crippen LogP contribution in [-0.2, 0) is 0 Å². The summed E-state index contributed by atoms with van der Waals surface area (Å²) in [6.45, 7) is 0. The molecule has 1 heterocycles. The van der Waals surface area contributed by atoms with Crippen LogP contribution in [0.5, 0.6) is 0 Å². The second-order valence-corrected chi connectivity index (χ2v) is 8.06. The van der Waals surface area contributed by atoms with E-state index in [2.05, 4.69) is 84.9 Å². The van der Waals surface area contributed by atoms with Gasteiger partial charge in [0.15, 0.2) is 0 Å². The smallest absolute Gasteiger partial charge is 0.136 e. The molecule has 0 fully saturated rings. The second kappa shape index (κ2) is 7.44. The average Bonchev–Trinajstić information content (AvgIpc) is 3.22. The lowest BCUT2D eigenvalue weighted by Gasteiger charge is -2.12. The first kappa shape index (κ1) is 18.5. The summed E-state index contributed by atoms with van der Waals surface area (Å²) in [4.78, 5) is 0. The summed E-state index contributed by atoms with van der Waals surface area (Å²) < 4.78 is 6.07. The van der Waals surface area contributed by atoms with Crippen molar-refractivity contribution in [1.29, 1.82) is 0 Å². The fraction of sp³-hybridized carbons (Fsp3) is 0. The van der Waals surface area contributed by atoms with E-state index in [4.69, 9.17) is 10.2 Å². The van der Waals surface area contributed by atoms with Gasteiger partial charge in [-0.15, -0.1) is 0 Å². The largest absolute Gasteiger partial charge is 0.456 e. The SMILES string of the molecule is Nc1ccc(-c2ccccc2)c(-c2ccc(-c3ccc4c(c3)oc3ccccc34)cc2)c1. The number of nitrogen functional groups attached to an aromatic ring is 1. The number of para-hydroxylation sites is 1. The molecule has 0 aliphatic heterocycles. The van der Waals surface area contributed by atoms with Crippen LogP contribution >= 0.6 is 0 Å². The van der Waals surface area contributed by atoms with E-state index in [0.29, 0.717) is 0 Å². The normalized spacial score (nSPS) is 11.2. The molecule has 0 aliphatic carbocycles. The number of benzene rings is 5. The summed E-state index contributed by atoms with van der Waals surface area (Å²) in [6, 6.07) is 39.8. The summed E-state index contributed by atoms with van der Waals surface area (Å²) in [7, 11) is 0. The van der Waals surface area contributed by atoms with Crippen molar-refractivity contribution in [2.24, 2.45) is 0 Å². The lowest BCUT2D eigenvalue weighted by atomic mass is 9.93. The van der Waals surface area contributed by atoms with Gasteiger partial charge in [-0.25, -0.2) is 0 Å². The highest BCUT2D eigenvalue weighted by molar-refractivity contribution is 6.05. The van der Waals surface area contributed by atoms with E-state index >= 15 is 0 Å². The summed E-state index contributed by atoms with van der Waals surface area (Å²) in [5.41, 5.74) is 15.7. The van der Waals surface area contributed by atoms with Crippen molar-refractivity contribution in [2.45, 2.75) is 0 Å². The number of hydrogen-bond acceptors (Lipinski definition) is 2. The van der Waals surface area contributed by atoms with Gasteiger partial charge in [0.2, 0.25) is 0 Å². The molecule has 5 aromatic carbocycles. The zero-order chi connectivity index (χ0) is 21.5. The maximum Gasteiger partial charge on any atom is 0.136 e. The Morgan fingerprint density at radius 1 is 0.438 bits per heavy atom. The molecule has 0 unspecified atom stereocenters. The molecular formula is C30H21NO. The van der Waals surface area contributed by atoms with Gasteiger partial charge in [0.05, 0.1) is 0 Å². The van der Waals surface area contributed by atoms with Crippen molar-refractivity contribution in [3.63, 3.8) is 0 Å². The van der Waals surface area contributed by atoms with Crippen LogP contribution in [-0.4, -0.2) is 0 Å². The third-order valence-corrected chi connectivity index (χ3v) is 6.04. The fourth-order valence-corrected chi connectivity index (χ4v) is 4.42. The lowest BCUT2D eigenvalue weighted by molar-refractivity contribution is 0.669. The third-order valence-electron chi connectivity index (χ3n) is 6.04. The maximum atomic E-state index is 6.14. The maximum absolute atomic E-state index is 6.14. The van der Waals surface area contributed by atoms with Gasteiger partial charge in [-0.05, 0) is 63.7 Å². The van der Waals surface area contributed by atoms with Crippen LogP contribution in [0.3, 0.4) is 0 Å². The molecule has 1 aromatic heterocycles. The van der Waals surface area contributed by atoms with Gasteiger partial charge in [0.25, 0.3) is 0 Å². The van der Waals surface area contributed by atoms with Crippen LogP contribution in [0.4, 0.5) is 5.69 Å². The van der Waals surface area contributed by atoms with Crippen molar-refractivity contribution in [3.05, 3.63) is 115 Å². The molecule has 0 saturated carbocycles. The second-order valence-electron chi connectivity index (χ2n) is 8.06. The van der Waals surface area contributed by atoms with Crippen LogP contribution in [0.25, 0.3) is 55.3 Å². The van der Waals surface area contributed by atoms with E-state index in [0.717, 1.165) is 49.9 Å². The van der Waals surface area contributed by atoms with E-state index in [1.807, 2.05) is 30.3 Å². The van der Waals surface area contributed by atoms with Gasteiger partial charge >= 0.3 is 0 Å². The van der Waals surface area contributed by atoms with E-state index in [9.17, 15) is 0 Å². The Morgan fingerprint density at radius 3 is 1.94 bits per heavy atom. The molecule has 6 aromatic rings. The number of hydrogen-bond donors (Lipinski definition) is 1. The molecule has 0 aliphatic rings. The average molecular weight is 412 g/mol. The Balaban J connectivity index is 1.41. The van der Waals surface area contributed by atoms with E-state index in [1.54, 1.807) is 0 Å². The number of rotatable bonds is 3. The molecule has 32 heavy (non-hydrogen) atoms. The zero-order valence-corrected chi connectivity index (χ0v) is 17.5. The van der Waals surface area contributed by atoms with Gasteiger partial charge in [-0.2, -0.15) is 0 Å². The zero-order valence-electron chi connectivity index (χ0n) is 17.5. The lowest BCUT2D eigenvalue weighted by Crippen LogP contribution is -1.90. The Morgan fingerprint density at radius 2 is 1.09 bits per heavy atom. The summed E-state index contributed by atoms with van der Waals surface area (Å²) in [6.07, 6.45) is 0. The highest BCUT2D eigenvalue weighted by Crippen LogP contribution is 2.36. The molecule has 0 radical (unpaired) electrons. The van der Waals surface area contributed by atoms with Crippen LogP contribution in [0.1, 0.15) is 0 Å². The third kappa shape index (κ3) is 3.14. The number of furan rings is 1. The highest BCUT2D eigenvalue weighted by atomic mass is 16.3. The van der Waals surface area contributed by atoms with Gasteiger partial charge in [-0.3, -0.25) is 0 Å². The topological polar surface area (TPSA) is 39.2 Å². The molecule has 0 bridgehead atoms. The molecular weight excluding hydrogens is 390 g/mol. The number of nitrogens with two attached hydrogens (primary N) is 1. The van der Waals surface area contributed by atoms with Crippen molar-refractivity contribution in [1.82, 2.24) is 0 Å². The van der Waals surface area contributed by atoms with E-state index in [-0.39, 0.29) is 0 Å². The van der Waals surface area contributed by atoms with E-state index < -0.39 is 0 Å². The quantitative estimate of drug-likeness (QED) is 0.298. The van der Waals surface area contributed by atoms with Crippen molar-refractivity contribution in [3.8, 4) is 33.4 Å². The minimum absolute atomic E-state index is 0.763. The minimum atomic E-state index is 0.763. The molecule has 2 heteroatoms. The van der Waals surface area contributed by atoms with E-state index in [1.165, 1.54) is 11.1 Å². The molecule has 6 rings (SSSR count). The van der Waals surface area contributed by atoms with Crippen molar-refractivity contribution < 1.29 is 4.42 Å². The van der Waals surface area contributed by atoms with Crippen molar-refractivity contribution >= 4 is 27.6 Å². The molecule has 0 spiro atoms. The first-order valence-corrected chi connectivity index (χ1v) is 10.7. The monoisotopic (exact) mass is 411 g/mol. The molecule has 2 N–H and O–H groups in total. The molecule has 2 nitrogen and oxygen atoms in total. The Kier molecular flexibility index (Phi) is 4.29. The molecule has 152 valence electrons. The highest BCUT2D eigenvalue weighted by Gasteiger charge is 2.10. The summed E-state index contributed by atoms with van der Waals surface area (Å²) in [5, 5.41) is 2.30. The Hall–Kier alpha value is -4.30. The standard InChI is InChI=1S/C30H21NO/c31-24-15-17-25(21-6-2-1-3-7-21)28(19-24)22-12-10-20(11-13-22)23-14-16-27-26-8-4-5-9-29(26)32-30(27)18-23/h1-19H,31H2. The first-order valence-electron chi connectivity index (χ1n) is 10.7.